The van der Waals surface area contributed by atoms with Crippen LogP contribution in [0.15, 0.2) is 44.9 Å². The molecule has 2 rings (SSSR count). The number of ether oxygens (including phenoxy) is 1. The molecule has 2 atom stereocenters. The molecule has 0 radical (unpaired) electrons. The van der Waals surface area contributed by atoms with Gasteiger partial charge in [0.15, 0.2) is 6.10 Å². The summed E-state index contributed by atoms with van der Waals surface area (Å²) in [6, 6.07) is 6.54. The second-order valence-electron chi connectivity index (χ2n) is 4.52. The summed E-state index contributed by atoms with van der Waals surface area (Å²) in [5.74, 6) is -4.98. The molecule has 0 bridgehead atoms. The fraction of sp³-hybridized carbons (Fsp3) is 0.167. The van der Waals surface area contributed by atoms with Gasteiger partial charge in [-0.3, -0.25) is 4.63 Å². The minimum Gasteiger partial charge on any atom is -0.479 e. The molecule has 1 aromatic heterocycles. The Balaban J connectivity index is 2.49. The molecule has 0 aliphatic rings. The van der Waals surface area contributed by atoms with Crippen molar-refractivity contribution in [2.45, 2.75) is 22.1 Å². The van der Waals surface area contributed by atoms with E-state index in [1.54, 1.807) is 0 Å². The van der Waals surface area contributed by atoms with Crippen LogP contribution in [-0.4, -0.2) is 53.0 Å². The summed E-state index contributed by atoms with van der Waals surface area (Å²) in [4.78, 5) is 20.9. The normalized spacial score (nSPS) is 13.8. The van der Waals surface area contributed by atoms with Crippen LogP contribution in [0.5, 0.6) is 5.88 Å². The monoisotopic (exact) mass is 374 g/mol. The topological polar surface area (TPSA) is 191 Å². The highest BCUT2D eigenvalue weighted by Crippen LogP contribution is 2.26. The maximum Gasteiger partial charge on any atom is 0.415 e. The molecule has 0 fully saturated rings. The highest BCUT2D eigenvalue weighted by Gasteiger charge is 2.42. The van der Waals surface area contributed by atoms with Crippen molar-refractivity contribution in [3.05, 3.63) is 35.5 Å². The van der Waals surface area contributed by atoms with Crippen LogP contribution in [-0.2, 0) is 19.4 Å². The molecule has 2 aromatic rings. The number of carboxylic acid groups (broad SMARTS) is 2. The number of rotatable bonds is 7. The minimum atomic E-state index is -4.53. The predicted molar refractivity (Wildman–Crippen MR) is 73.1 cm³/mol. The molecule has 12 nitrogen and oxygen atoms in total. The molecule has 1 heterocycles. The standard InChI is InChI=1S/C12H10N2O10S/c15-7(11(16)17)8(12(18)19)23-9-10(14(20)24-13-9)25(21,22)6-4-2-1-3-5-6/h1-5,7-8,15H,(H,16,17)(H,18,19)/t7-,8-/m1/s1. The first-order valence-electron chi connectivity index (χ1n) is 6.36. The molecule has 13 heteroatoms. The van der Waals surface area contributed by atoms with E-state index in [2.05, 4.69) is 14.5 Å². The van der Waals surface area contributed by atoms with Gasteiger partial charge in [-0.2, -0.15) is 0 Å². The third-order valence-corrected chi connectivity index (χ3v) is 4.60. The first-order valence-corrected chi connectivity index (χ1v) is 7.84. The molecule has 134 valence electrons. The van der Waals surface area contributed by atoms with Gasteiger partial charge < -0.3 is 25.3 Å². The van der Waals surface area contributed by atoms with E-state index in [4.69, 9.17) is 10.2 Å². The molecular weight excluding hydrogens is 364 g/mol. The largest absolute Gasteiger partial charge is 0.479 e. The van der Waals surface area contributed by atoms with Crippen molar-refractivity contribution in [1.82, 2.24) is 5.16 Å². The molecule has 25 heavy (non-hydrogen) atoms. The van der Waals surface area contributed by atoms with Gasteiger partial charge in [0.2, 0.25) is 6.10 Å². The molecular formula is C12H10N2O10S. The Morgan fingerprint density at radius 2 is 1.80 bits per heavy atom. The molecule has 3 N–H and O–H groups in total. The summed E-state index contributed by atoms with van der Waals surface area (Å²) < 4.78 is 33.7. The molecule has 0 aliphatic carbocycles. The Labute approximate surface area is 138 Å². The number of sulfone groups is 1. The van der Waals surface area contributed by atoms with Gasteiger partial charge in [0, 0.05) is 0 Å². The lowest BCUT2D eigenvalue weighted by Gasteiger charge is -2.14. The maximum atomic E-state index is 12.5. The Morgan fingerprint density at radius 1 is 1.20 bits per heavy atom. The van der Waals surface area contributed by atoms with Gasteiger partial charge in [-0.05, 0) is 17.0 Å². The van der Waals surface area contributed by atoms with E-state index < -0.39 is 49.8 Å². The predicted octanol–water partition coefficient (Wildman–Crippen LogP) is -1.58. The van der Waals surface area contributed by atoms with Crippen LogP contribution in [0.2, 0.25) is 0 Å². The highest BCUT2D eigenvalue weighted by molar-refractivity contribution is 7.91. The summed E-state index contributed by atoms with van der Waals surface area (Å²) in [6.07, 6.45) is -4.99. The molecule has 0 aliphatic heterocycles. The molecule has 0 saturated heterocycles. The van der Waals surface area contributed by atoms with Crippen molar-refractivity contribution in [2.24, 2.45) is 0 Å². The van der Waals surface area contributed by atoms with Crippen LogP contribution in [0, 0.1) is 5.21 Å². The second-order valence-corrected chi connectivity index (χ2v) is 6.38. The van der Waals surface area contributed by atoms with E-state index in [0.29, 0.717) is 0 Å². The number of carbonyl (C=O) groups is 2. The number of aromatic nitrogens is 2. The van der Waals surface area contributed by atoms with Gasteiger partial charge in [0.05, 0.1) is 10.1 Å². The van der Waals surface area contributed by atoms with E-state index in [0.717, 1.165) is 12.1 Å². The number of aliphatic hydroxyl groups excluding tert-OH is 1. The first-order chi connectivity index (χ1) is 11.7. The summed E-state index contributed by atoms with van der Waals surface area (Å²) in [7, 11) is -4.53. The summed E-state index contributed by atoms with van der Waals surface area (Å²) in [6.45, 7) is 0. The fourth-order valence-corrected chi connectivity index (χ4v) is 3.01. The summed E-state index contributed by atoms with van der Waals surface area (Å²) >= 11 is 0. The van der Waals surface area contributed by atoms with Gasteiger partial charge in [0.1, 0.15) is 0 Å². The quantitative estimate of drug-likeness (QED) is 0.474. The Bertz CT molecular complexity index is 892. The summed E-state index contributed by atoms with van der Waals surface area (Å²) in [5.41, 5.74) is 0. The third kappa shape index (κ3) is 3.51. The average molecular weight is 374 g/mol. The van der Waals surface area contributed by atoms with Gasteiger partial charge in [0.25, 0.3) is 9.84 Å². The van der Waals surface area contributed by atoms with Crippen LogP contribution in [0.1, 0.15) is 0 Å². The molecule has 0 saturated carbocycles. The number of nitrogens with zero attached hydrogens (tertiary/aromatic N) is 2. The van der Waals surface area contributed by atoms with Crippen LogP contribution >= 0.6 is 0 Å². The van der Waals surface area contributed by atoms with Crippen LogP contribution in [0.3, 0.4) is 0 Å². The lowest BCUT2D eigenvalue weighted by molar-refractivity contribution is -0.832. The van der Waals surface area contributed by atoms with Crippen LogP contribution in [0.25, 0.3) is 0 Å². The van der Waals surface area contributed by atoms with Crippen molar-refractivity contribution in [1.29, 1.82) is 0 Å². The molecule has 0 spiro atoms. The molecule has 1 aromatic carbocycles. The highest BCUT2D eigenvalue weighted by atomic mass is 32.2. The summed E-state index contributed by atoms with van der Waals surface area (Å²) in [5, 5.41) is 40.3. The number of hydrogen-bond donors (Lipinski definition) is 3. The number of aliphatic hydroxyl groups is 1. The van der Waals surface area contributed by atoms with E-state index in [9.17, 15) is 28.3 Å². The zero-order valence-corrected chi connectivity index (χ0v) is 12.9. The number of carboxylic acids is 2. The number of hydrogen-bond acceptors (Lipinski definition) is 9. The zero-order chi connectivity index (χ0) is 18.8. The van der Waals surface area contributed by atoms with Gasteiger partial charge in [-0.15, -0.1) is 0 Å². The van der Waals surface area contributed by atoms with Crippen molar-refractivity contribution in [3.63, 3.8) is 0 Å². The van der Waals surface area contributed by atoms with E-state index >= 15 is 0 Å². The smallest absolute Gasteiger partial charge is 0.415 e. The Hall–Kier alpha value is -3.19. The SMILES string of the molecule is O=C(O)[C@H](O)[C@@H](Oc1no[n+]([O-])c1S(=O)(=O)c1ccccc1)C(=O)O. The van der Waals surface area contributed by atoms with Gasteiger partial charge >= 0.3 is 22.8 Å². The lowest BCUT2D eigenvalue weighted by atomic mass is 10.2. The maximum absolute atomic E-state index is 12.5. The average Bonchev–Trinajstić information content (AvgIpc) is 2.93. The molecule has 0 unspecified atom stereocenters. The van der Waals surface area contributed by atoms with Crippen molar-refractivity contribution in [2.75, 3.05) is 0 Å². The Morgan fingerprint density at radius 3 is 2.32 bits per heavy atom. The molecule has 0 amide bonds. The van der Waals surface area contributed by atoms with E-state index in [1.165, 1.54) is 18.2 Å². The van der Waals surface area contributed by atoms with Crippen molar-refractivity contribution in [3.8, 4) is 5.88 Å². The van der Waals surface area contributed by atoms with E-state index in [1.807, 2.05) is 0 Å². The lowest BCUT2D eigenvalue weighted by Crippen LogP contribution is -2.44. The van der Waals surface area contributed by atoms with Crippen LogP contribution in [0.4, 0.5) is 0 Å². The van der Waals surface area contributed by atoms with Crippen molar-refractivity contribution >= 4 is 21.8 Å². The minimum absolute atomic E-state index is 0.349. The van der Waals surface area contributed by atoms with Gasteiger partial charge in [-0.25, -0.2) is 18.0 Å². The zero-order valence-electron chi connectivity index (χ0n) is 12.0. The van der Waals surface area contributed by atoms with Crippen LogP contribution < -0.4 is 9.64 Å². The first kappa shape index (κ1) is 18.2. The van der Waals surface area contributed by atoms with E-state index in [-0.39, 0.29) is 4.90 Å². The number of aliphatic carboxylic acids is 2. The number of benzene rings is 1. The Kier molecular flexibility index (Phi) is 4.89. The van der Waals surface area contributed by atoms with Crippen molar-refractivity contribution < 1.29 is 47.6 Å². The second kappa shape index (κ2) is 6.74. The third-order valence-electron chi connectivity index (χ3n) is 2.88. The fourth-order valence-electron chi connectivity index (χ4n) is 1.72. The van der Waals surface area contributed by atoms with Gasteiger partial charge in [-0.1, -0.05) is 18.2 Å².